The number of carbonyl (C=O) groups is 1. The predicted octanol–water partition coefficient (Wildman–Crippen LogP) is 4.11. The van der Waals surface area contributed by atoms with Gasteiger partial charge in [-0.2, -0.15) is 0 Å². The first kappa shape index (κ1) is 20.7. The number of aliphatic hydroxyl groups is 1. The monoisotopic (exact) mass is 336 g/mol. The number of allylic oxidation sites excluding steroid dienone is 5. The van der Waals surface area contributed by atoms with E-state index in [-0.39, 0.29) is 12.5 Å². The molecule has 0 saturated heterocycles. The standard InChI is InChI=1S/C20H32O4/c1-3-15-24-16(2)19(21)14-13-18-11-8-10-17(18)9-6-4-5-7-12-20(22)23/h4,6,8,11,13-14,16-19,21H,3,5,7,9-10,12,15H2,1-2H3,(H,22,23)/b6-4-,14-13?/t16?,17-,18+,19?/m0/s1. The number of aliphatic hydroxyl groups excluding tert-OH is 1. The first-order chi connectivity index (χ1) is 11.5. The van der Waals surface area contributed by atoms with Crippen molar-refractivity contribution in [3.8, 4) is 0 Å². The van der Waals surface area contributed by atoms with Crippen molar-refractivity contribution in [2.75, 3.05) is 6.61 Å². The first-order valence-electron chi connectivity index (χ1n) is 9.06. The molecule has 0 spiro atoms. The van der Waals surface area contributed by atoms with E-state index in [0.29, 0.717) is 24.9 Å². The van der Waals surface area contributed by atoms with Crippen LogP contribution in [0, 0.1) is 11.8 Å². The third-order valence-electron chi connectivity index (χ3n) is 4.30. The lowest BCUT2D eigenvalue weighted by molar-refractivity contribution is -0.137. The highest BCUT2D eigenvalue weighted by Gasteiger charge is 2.20. The van der Waals surface area contributed by atoms with E-state index in [1.807, 2.05) is 13.0 Å². The smallest absolute Gasteiger partial charge is 0.303 e. The molecule has 0 aromatic heterocycles. The van der Waals surface area contributed by atoms with E-state index in [4.69, 9.17) is 9.84 Å². The van der Waals surface area contributed by atoms with Gasteiger partial charge >= 0.3 is 5.97 Å². The Morgan fingerprint density at radius 1 is 1.42 bits per heavy atom. The number of carboxylic acids is 1. The highest BCUT2D eigenvalue weighted by Crippen LogP contribution is 2.30. The van der Waals surface area contributed by atoms with Crippen LogP contribution < -0.4 is 0 Å². The van der Waals surface area contributed by atoms with Crippen LogP contribution in [0.25, 0.3) is 0 Å². The van der Waals surface area contributed by atoms with Crippen LogP contribution in [0.5, 0.6) is 0 Å². The van der Waals surface area contributed by atoms with Crippen molar-refractivity contribution >= 4 is 5.97 Å². The fraction of sp³-hybridized carbons (Fsp3) is 0.650. The molecule has 0 amide bonds. The van der Waals surface area contributed by atoms with Crippen molar-refractivity contribution in [3.05, 3.63) is 36.5 Å². The lowest BCUT2D eigenvalue weighted by Gasteiger charge is -2.18. The molecule has 4 atom stereocenters. The van der Waals surface area contributed by atoms with Crippen molar-refractivity contribution < 1.29 is 19.7 Å². The second-order valence-corrected chi connectivity index (χ2v) is 6.45. The van der Waals surface area contributed by atoms with Gasteiger partial charge in [0.1, 0.15) is 0 Å². The maximum absolute atomic E-state index is 10.4. The number of carboxylic acid groups (broad SMARTS) is 1. The molecule has 0 bridgehead atoms. The van der Waals surface area contributed by atoms with Crippen molar-refractivity contribution in [1.82, 2.24) is 0 Å². The molecule has 2 unspecified atom stereocenters. The molecule has 1 aliphatic carbocycles. The summed E-state index contributed by atoms with van der Waals surface area (Å²) in [6, 6.07) is 0. The molecule has 4 nitrogen and oxygen atoms in total. The fourth-order valence-electron chi connectivity index (χ4n) is 2.76. The summed E-state index contributed by atoms with van der Waals surface area (Å²) in [6.07, 6.45) is 16.5. The molecule has 0 heterocycles. The zero-order valence-corrected chi connectivity index (χ0v) is 14.9. The lowest BCUT2D eigenvalue weighted by Crippen LogP contribution is -2.24. The molecule has 136 valence electrons. The van der Waals surface area contributed by atoms with Gasteiger partial charge in [-0.05, 0) is 50.9 Å². The largest absolute Gasteiger partial charge is 0.481 e. The molecule has 2 N–H and O–H groups in total. The topological polar surface area (TPSA) is 66.8 Å². The van der Waals surface area contributed by atoms with Crippen molar-refractivity contribution in [1.29, 1.82) is 0 Å². The first-order valence-corrected chi connectivity index (χ1v) is 9.06. The Morgan fingerprint density at radius 3 is 2.92 bits per heavy atom. The molecule has 0 aliphatic heterocycles. The number of ether oxygens (including phenoxy) is 1. The lowest BCUT2D eigenvalue weighted by atomic mass is 9.91. The van der Waals surface area contributed by atoms with E-state index in [1.165, 1.54) is 0 Å². The fourth-order valence-corrected chi connectivity index (χ4v) is 2.76. The van der Waals surface area contributed by atoms with Gasteiger partial charge in [0.15, 0.2) is 0 Å². The SMILES string of the molecule is CCCOC(C)C(O)C=C[C@H]1C=CC[C@@H]1C/C=C\CCCC(=O)O. The van der Waals surface area contributed by atoms with Gasteiger partial charge < -0.3 is 14.9 Å². The number of hydrogen-bond acceptors (Lipinski definition) is 3. The zero-order chi connectivity index (χ0) is 17.8. The molecule has 24 heavy (non-hydrogen) atoms. The molecule has 0 radical (unpaired) electrons. The average molecular weight is 336 g/mol. The van der Waals surface area contributed by atoms with Crippen LogP contribution >= 0.6 is 0 Å². The van der Waals surface area contributed by atoms with Gasteiger partial charge in [0, 0.05) is 13.0 Å². The molecule has 0 fully saturated rings. The predicted molar refractivity (Wildman–Crippen MR) is 96.8 cm³/mol. The van der Waals surface area contributed by atoms with Gasteiger partial charge in [-0.15, -0.1) is 0 Å². The summed E-state index contributed by atoms with van der Waals surface area (Å²) >= 11 is 0. The number of rotatable bonds is 12. The van der Waals surface area contributed by atoms with Crippen molar-refractivity contribution in [3.63, 3.8) is 0 Å². The number of unbranched alkanes of at least 4 members (excludes halogenated alkanes) is 1. The van der Waals surface area contributed by atoms with E-state index in [9.17, 15) is 9.90 Å². The molecule has 0 aromatic rings. The van der Waals surface area contributed by atoms with Gasteiger partial charge in [0.25, 0.3) is 0 Å². The molecular weight excluding hydrogens is 304 g/mol. The Labute approximate surface area is 145 Å². The highest BCUT2D eigenvalue weighted by atomic mass is 16.5. The highest BCUT2D eigenvalue weighted by molar-refractivity contribution is 5.66. The molecule has 1 rings (SSSR count). The molecule has 1 aliphatic rings. The van der Waals surface area contributed by atoms with Crippen molar-refractivity contribution in [2.24, 2.45) is 11.8 Å². The number of aliphatic carboxylic acids is 1. The van der Waals surface area contributed by atoms with E-state index < -0.39 is 12.1 Å². The minimum absolute atomic E-state index is 0.181. The van der Waals surface area contributed by atoms with Crippen LogP contribution in [-0.2, 0) is 9.53 Å². The molecule has 4 heteroatoms. The molecule has 0 saturated carbocycles. The van der Waals surface area contributed by atoms with E-state index in [0.717, 1.165) is 25.7 Å². The summed E-state index contributed by atoms with van der Waals surface area (Å²) in [5.74, 6) is 0.141. The number of hydrogen-bond donors (Lipinski definition) is 2. The quantitative estimate of drug-likeness (QED) is 0.416. The Hall–Kier alpha value is -1.39. The second-order valence-electron chi connectivity index (χ2n) is 6.45. The Balaban J connectivity index is 2.33. The minimum atomic E-state index is -0.732. The summed E-state index contributed by atoms with van der Waals surface area (Å²) < 4.78 is 5.54. The van der Waals surface area contributed by atoms with Crippen LogP contribution in [0.4, 0.5) is 0 Å². The van der Waals surface area contributed by atoms with Gasteiger partial charge in [-0.3, -0.25) is 4.79 Å². The summed E-state index contributed by atoms with van der Waals surface area (Å²) in [4.78, 5) is 10.4. The van der Waals surface area contributed by atoms with E-state index in [1.54, 1.807) is 0 Å². The van der Waals surface area contributed by atoms with Crippen molar-refractivity contribution in [2.45, 2.75) is 64.6 Å². The van der Waals surface area contributed by atoms with Crippen LogP contribution in [-0.4, -0.2) is 35.0 Å². The van der Waals surface area contributed by atoms with Crippen LogP contribution in [0.3, 0.4) is 0 Å². The van der Waals surface area contributed by atoms with Crippen LogP contribution in [0.1, 0.15) is 52.4 Å². The van der Waals surface area contributed by atoms with Crippen LogP contribution in [0.15, 0.2) is 36.5 Å². The summed E-state index contributed by atoms with van der Waals surface area (Å²) in [5.41, 5.74) is 0. The average Bonchev–Trinajstić information content (AvgIpc) is 3.00. The Kier molecular flexibility index (Phi) is 10.4. The van der Waals surface area contributed by atoms with Gasteiger partial charge in [0.05, 0.1) is 12.2 Å². The Bertz CT molecular complexity index is 439. The summed E-state index contributed by atoms with van der Waals surface area (Å²) in [6.45, 7) is 4.62. The minimum Gasteiger partial charge on any atom is -0.481 e. The maximum atomic E-state index is 10.4. The second kappa shape index (κ2) is 12.0. The Morgan fingerprint density at radius 2 is 2.21 bits per heavy atom. The van der Waals surface area contributed by atoms with Gasteiger partial charge in [0.2, 0.25) is 0 Å². The third-order valence-corrected chi connectivity index (χ3v) is 4.30. The maximum Gasteiger partial charge on any atom is 0.303 e. The van der Waals surface area contributed by atoms with Crippen LogP contribution in [0.2, 0.25) is 0 Å². The normalized spacial score (nSPS) is 23.3. The molecule has 0 aromatic carbocycles. The summed E-state index contributed by atoms with van der Waals surface area (Å²) in [5, 5.41) is 18.7. The summed E-state index contributed by atoms with van der Waals surface area (Å²) in [7, 11) is 0. The van der Waals surface area contributed by atoms with E-state index >= 15 is 0 Å². The molecular formula is C20H32O4. The zero-order valence-electron chi connectivity index (χ0n) is 14.9. The van der Waals surface area contributed by atoms with Gasteiger partial charge in [-0.25, -0.2) is 0 Å². The van der Waals surface area contributed by atoms with Gasteiger partial charge in [-0.1, -0.05) is 43.4 Å². The van der Waals surface area contributed by atoms with E-state index in [2.05, 4.69) is 37.3 Å². The third kappa shape index (κ3) is 8.46.